The van der Waals surface area contributed by atoms with Gasteiger partial charge in [0.25, 0.3) is 0 Å². The minimum absolute atomic E-state index is 0.178. The zero-order valence-electron chi connectivity index (χ0n) is 10.8. The highest BCUT2D eigenvalue weighted by molar-refractivity contribution is 5.33. The van der Waals surface area contributed by atoms with Crippen LogP contribution in [0.25, 0.3) is 0 Å². The second-order valence-electron chi connectivity index (χ2n) is 5.54. The molecule has 3 unspecified atom stereocenters. The molecule has 1 aliphatic carbocycles. The first-order valence-corrected chi connectivity index (χ1v) is 6.44. The number of hydrogen-bond donors (Lipinski definition) is 1. The van der Waals surface area contributed by atoms with Crippen LogP contribution in [0.3, 0.4) is 0 Å². The highest BCUT2D eigenvalue weighted by Gasteiger charge is 2.42. The smallest absolute Gasteiger partial charge is 0.123 e. The van der Waals surface area contributed by atoms with Gasteiger partial charge in [-0.3, -0.25) is 0 Å². The van der Waals surface area contributed by atoms with Gasteiger partial charge in [-0.15, -0.1) is 0 Å². The second kappa shape index (κ2) is 4.41. The van der Waals surface area contributed by atoms with Crippen molar-refractivity contribution in [3.05, 3.63) is 35.1 Å². The first-order chi connectivity index (χ1) is 7.95. The normalized spacial score (nSPS) is 33.7. The molecule has 0 aromatic heterocycles. The molecule has 1 nitrogen and oxygen atoms in total. The molecule has 3 atom stereocenters. The van der Waals surface area contributed by atoms with E-state index in [1.165, 1.54) is 12.1 Å². The van der Waals surface area contributed by atoms with Crippen LogP contribution in [0.15, 0.2) is 18.2 Å². The zero-order chi connectivity index (χ0) is 12.6. The number of benzene rings is 1. The van der Waals surface area contributed by atoms with Crippen LogP contribution in [0, 0.1) is 24.6 Å². The maximum atomic E-state index is 13.4. The van der Waals surface area contributed by atoms with Gasteiger partial charge in [-0.2, -0.15) is 0 Å². The Hall–Kier alpha value is -0.890. The van der Waals surface area contributed by atoms with Crippen LogP contribution in [0.5, 0.6) is 0 Å². The third-order valence-corrected chi connectivity index (χ3v) is 4.49. The van der Waals surface area contributed by atoms with E-state index in [2.05, 4.69) is 13.8 Å². The Morgan fingerprint density at radius 3 is 2.76 bits per heavy atom. The minimum Gasteiger partial charge on any atom is -0.385 e. The minimum atomic E-state index is -0.857. The van der Waals surface area contributed by atoms with Gasteiger partial charge in [0.15, 0.2) is 0 Å². The molecule has 1 aromatic rings. The summed E-state index contributed by atoms with van der Waals surface area (Å²) >= 11 is 0. The molecular weight excluding hydrogens is 215 g/mol. The highest BCUT2D eigenvalue weighted by Crippen LogP contribution is 2.45. The molecule has 0 saturated heterocycles. The van der Waals surface area contributed by atoms with Crippen LogP contribution < -0.4 is 0 Å². The fourth-order valence-electron chi connectivity index (χ4n) is 3.08. The van der Waals surface area contributed by atoms with Crippen molar-refractivity contribution in [2.75, 3.05) is 0 Å². The molecule has 2 rings (SSSR count). The van der Waals surface area contributed by atoms with Crippen molar-refractivity contribution in [3.8, 4) is 0 Å². The summed E-state index contributed by atoms with van der Waals surface area (Å²) in [7, 11) is 0. The van der Waals surface area contributed by atoms with Gasteiger partial charge in [-0.25, -0.2) is 4.39 Å². The number of rotatable bonds is 1. The van der Waals surface area contributed by atoms with E-state index < -0.39 is 5.60 Å². The van der Waals surface area contributed by atoms with Crippen molar-refractivity contribution in [1.29, 1.82) is 0 Å². The van der Waals surface area contributed by atoms with E-state index in [1.807, 2.05) is 6.92 Å². The number of aliphatic hydroxyl groups is 1. The number of aryl methyl sites for hydroxylation is 1. The van der Waals surface area contributed by atoms with E-state index in [1.54, 1.807) is 6.07 Å². The molecule has 0 spiro atoms. The van der Waals surface area contributed by atoms with E-state index >= 15 is 0 Å². The highest BCUT2D eigenvalue weighted by atomic mass is 19.1. The van der Waals surface area contributed by atoms with Crippen molar-refractivity contribution in [3.63, 3.8) is 0 Å². The molecule has 0 radical (unpaired) electrons. The molecule has 94 valence electrons. The van der Waals surface area contributed by atoms with Gasteiger partial charge < -0.3 is 5.11 Å². The van der Waals surface area contributed by atoms with Crippen LogP contribution in [0.2, 0.25) is 0 Å². The summed E-state index contributed by atoms with van der Waals surface area (Å²) in [6.07, 6.45) is 2.90. The Kier molecular flexibility index (Phi) is 3.26. The second-order valence-corrected chi connectivity index (χ2v) is 5.54. The zero-order valence-corrected chi connectivity index (χ0v) is 10.8. The molecule has 17 heavy (non-hydrogen) atoms. The molecule has 2 heteroatoms. The lowest BCUT2D eigenvalue weighted by molar-refractivity contribution is -0.0694. The fourth-order valence-corrected chi connectivity index (χ4v) is 3.08. The molecule has 1 saturated carbocycles. The summed E-state index contributed by atoms with van der Waals surface area (Å²) in [6, 6.07) is 4.72. The lowest BCUT2D eigenvalue weighted by atomic mass is 9.67. The molecule has 1 aliphatic rings. The standard InChI is InChI=1S/C15H21FO/c1-10-5-4-8-15(17,12(10)3)14-9-13(16)7-6-11(14)2/h6-7,9-10,12,17H,4-5,8H2,1-3H3. The fraction of sp³-hybridized carbons (Fsp3) is 0.600. The van der Waals surface area contributed by atoms with E-state index in [0.29, 0.717) is 5.92 Å². The van der Waals surface area contributed by atoms with Crippen molar-refractivity contribution in [2.24, 2.45) is 11.8 Å². The molecule has 0 heterocycles. The SMILES string of the molecule is Cc1ccc(F)cc1C1(O)CCCC(C)C1C. The van der Waals surface area contributed by atoms with Gasteiger partial charge in [-0.1, -0.05) is 26.3 Å². The Bertz CT molecular complexity index is 415. The molecule has 1 fully saturated rings. The number of halogens is 1. The molecule has 0 bridgehead atoms. The van der Waals surface area contributed by atoms with Gasteiger partial charge in [0.1, 0.15) is 5.82 Å². The van der Waals surface area contributed by atoms with Gasteiger partial charge >= 0.3 is 0 Å². The molecule has 1 N–H and O–H groups in total. The van der Waals surface area contributed by atoms with Crippen LogP contribution in [0.4, 0.5) is 4.39 Å². The van der Waals surface area contributed by atoms with Crippen molar-refractivity contribution < 1.29 is 9.50 Å². The summed E-state index contributed by atoms with van der Waals surface area (Å²) in [5.41, 5.74) is 0.899. The third kappa shape index (κ3) is 2.11. The topological polar surface area (TPSA) is 20.2 Å². The van der Waals surface area contributed by atoms with Crippen LogP contribution in [0.1, 0.15) is 44.2 Å². The van der Waals surface area contributed by atoms with Gasteiger partial charge in [0.2, 0.25) is 0 Å². The first-order valence-electron chi connectivity index (χ1n) is 6.44. The predicted octanol–water partition coefficient (Wildman–Crippen LogP) is 3.78. The molecular formula is C15H21FO. The van der Waals surface area contributed by atoms with Gasteiger partial charge in [0, 0.05) is 0 Å². The van der Waals surface area contributed by atoms with E-state index in [-0.39, 0.29) is 11.7 Å². The van der Waals surface area contributed by atoms with E-state index in [0.717, 1.165) is 30.4 Å². The summed E-state index contributed by atoms with van der Waals surface area (Å²) in [4.78, 5) is 0. The van der Waals surface area contributed by atoms with Gasteiger partial charge in [0.05, 0.1) is 5.60 Å². The van der Waals surface area contributed by atoms with Crippen molar-refractivity contribution in [1.82, 2.24) is 0 Å². The lowest BCUT2D eigenvalue weighted by Crippen LogP contribution is -2.41. The lowest BCUT2D eigenvalue weighted by Gasteiger charge is -2.43. The summed E-state index contributed by atoms with van der Waals surface area (Å²) < 4.78 is 13.4. The predicted molar refractivity (Wildman–Crippen MR) is 67.2 cm³/mol. The monoisotopic (exact) mass is 236 g/mol. The molecule has 1 aromatic carbocycles. The van der Waals surface area contributed by atoms with Crippen LogP contribution in [-0.2, 0) is 5.60 Å². The molecule has 0 amide bonds. The largest absolute Gasteiger partial charge is 0.385 e. The average molecular weight is 236 g/mol. The van der Waals surface area contributed by atoms with Crippen molar-refractivity contribution >= 4 is 0 Å². The maximum Gasteiger partial charge on any atom is 0.123 e. The first kappa shape index (κ1) is 12.6. The summed E-state index contributed by atoms with van der Waals surface area (Å²) in [5, 5.41) is 10.9. The van der Waals surface area contributed by atoms with Crippen LogP contribution >= 0.6 is 0 Å². The van der Waals surface area contributed by atoms with E-state index in [9.17, 15) is 9.50 Å². The molecule has 0 aliphatic heterocycles. The van der Waals surface area contributed by atoms with Gasteiger partial charge in [-0.05, 0) is 54.9 Å². The number of hydrogen-bond acceptors (Lipinski definition) is 1. The quantitative estimate of drug-likeness (QED) is 0.786. The Balaban J connectivity index is 2.46. The van der Waals surface area contributed by atoms with Crippen LogP contribution in [-0.4, -0.2) is 5.11 Å². The Morgan fingerprint density at radius 1 is 1.35 bits per heavy atom. The Labute approximate surface area is 103 Å². The Morgan fingerprint density at radius 2 is 2.06 bits per heavy atom. The summed E-state index contributed by atoms with van der Waals surface area (Å²) in [6.45, 7) is 6.19. The summed E-state index contributed by atoms with van der Waals surface area (Å²) in [5.74, 6) is 0.401. The van der Waals surface area contributed by atoms with E-state index in [4.69, 9.17) is 0 Å². The van der Waals surface area contributed by atoms with Crippen molar-refractivity contribution in [2.45, 2.75) is 45.6 Å². The average Bonchev–Trinajstić information content (AvgIpc) is 2.29. The maximum absolute atomic E-state index is 13.4. The third-order valence-electron chi connectivity index (χ3n) is 4.49.